The van der Waals surface area contributed by atoms with Crippen LogP contribution in [0.5, 0.6) is 0 Å². The minimum absolute atomic E-state index is 0.382. The van der Waals surface area contributed by atoms with Crippen molar-refractivity contribution in [2.45, 2.75) is 26.3 Å². The van der Waals surface area contributed by atoms with Crippen molar-refractivity contribution < 1.29 is 0 Å². The third-order valence-corrected chi connectivity index (χ3v) is 4.91. The van der Waals surface area contributed by atoms with Gasteiger partial charge in [0.15, 0.2) is 0 Å². The van der Waals surface area contributed by atoms with Gasteiger partial charge in [-0.25, -0.2) is 0 Å². The topological polar surface area (TPSA) is 12.0 Å². The first kappa shape index (κ1) is 13.8. The highest BCUT2D eigenvalue weighted by Gasteiger charge is 2.14. The summed E-state index contributed by atoms with van der Waals surface area (Å²) in [5.41, 5.74) is 5.57. The van der Waals surface area contributed by atoms with Gasteiger partial charge in [0.2, 0.25) is 0 Å². The summed E-state index contributed by atoms with van der Waals surface area (Å²) < 4.78 is 1.19. The highest BCUT2D eigenvalue weighted by molar-refractivity contribution is 9.11. The van der Waals surface area contributed by atoms with Gasteiger partial charge in [0, 0.05) is 6.04 Å². The lowest BCUT2D eigenvalue weighted by Gasteiger charge is -2.18. The van der Waals surface area contributed by atoms with E-state index in [0.717, 1.165) is 6.42 Å². The Morgan fingerprint density at radius 3 is 2.44 bits per heavy atom. The molecule has 0 aliphatic rings. The molecule has 0 radical (unpaired) electrons. The summed E-state index contributed by atoms with van der Waals surface area (Å²) in [4.78, 5) is 0. The normalized spacial score (nSPS) is 12.7. The number of rotatable bonds is 4. The van der Waals surface area contributed by atoms with Gasteiger partial charge in [-0.3, -0.25) is 0 Å². The zero-order chi connectivity index (χ0) is 13.1. The summed E-state index contributed by atoms with van der Waals surface area (Å²) in [6.07, 6.45) is 1.04. The van der Waals surface area contributed by atoms with Crippen LogP contribution in [0.3, 0.4) is 0 Å². The highest BCUT2D eigenvalue weighted by atomic mass is 79.9. The van der Waals surface area contributed by atoms with Crippen LogP contribution in [0.1, 0.15) is 28.3 Å². The predicted molar refractivity (Wildman–Crippen MR) is 83.4 cm³/mol. The molecule has 2 aromatic rings. The first-order valence-corrected chi connectivity index (χ1v) is 7.75. The number of nitrogens with one attached hydrogen (secondary N) is 1. The maximum absolute atomic E-state index is 3.53. The largest absolute Gasteiger partial charge is 0.313 e. The van der Waals surface area contributed by atoms with Gasteiger partial charge >= 0.3 is 0 Å². The Bertz CT molecular complexity index is 513. The Balaban J connectivity index is 2.26. The Kier molecular flexibility index (Phi) is 4.60. The van der Waals surface area contributed by atoms with E-state index in [9.17, 15) is 0 Å². The van der Waals surface area contributed by atoms with Crippen LogP contribution >= 0.6 is 27.3 Å². The Morgan fingerprint density at radius 1 is 1.28 bits per heavy atom. The van der Waals surface area contributed by atoms with Gasteiger partial charge < -0.3 is 5.32 Å². The van der Waals surface area contributed by atoms with E-state index in [1.165, 1.54) is 26.0 Å². The summed E-state index contributed by atoms with van der Waals surface area (Å²) in [5, 5.41) is 5.64. The van der Waals surface area contributed by atoms with Gasteiger partial charge in [-0.05, 0) is 76.9 Å². The van der Waals surface area contributed by atoms with E-state index in [4.69, 9.17) is 0 Å². The van der Waals surface area contributed by atoms with E-state index >= 15 is 0 Å². The van der Waals surface area contributed by atoms with Gasteiger partial charge in [0.05, 0.1) is 3.79 Å². The lowest BCUT2D eigenvalue weighted by Crippen LogP contribution is -2.19. The third kappa shape index (κ3) is 3.02. The molecular formula is C15H18BrNS. The molecule has 18 heavy (non-hydrogen) atoms. The molecular weight excluding hydrogens is 306 g/mol. The van der Waals surface area contributed by atoms with Gasteiger partial charge in [0.1, 0.15) is 0 Å². The van der Waals surface area contributed by atoms with Crippen LogP contribution in [0, 0.1) is 13.8 Å². The first-order chi connectivity index (χ1) is 8.61. The van der Waals surface area contributed by atoms with Crippen molar-refractivity contribution in [3.63, 3.8) is 0 Å². The number of thiophene rings is 1. The number of hydrogen-bond acceptors (Lipinski definition) is 2. The molecule has 0 saturated carbocycles. The predicted octanol–water partition coefficient (Wildman–Crippen LogP) is 4.63. The number of benzene rings is 1. The van der Waals surface area contributed by atoms with Crippen molar-refractivity contribution in [1.29, 1.82) is 0 Å². The fraction of sp³-hybridized carbons (Fsp3) is 0.333. The summed E-state index contributed by atoms with van der Waals surface area (Å²) in [7, 11) is 2.03. The van der Waals surface area contributed by atoms with Gasteiger partial charge in [0.25, 0.3) is 0 Å². The minimum Gasteiger partial charge on any atom is -0.313 e. The van der Waals surface area contributed by atoms with E-state index in [1.807, 2.05) is 7.05 Å². The van der Waals surface area contributed by atoms with Crippen LogP contribution in [0.25, 0.3) is 0 Å². The van der Waals surface area contributed by atoms with E-state index in [2.05, 4.69) is 64.7 Å². The van der Waals surface area contributed by atoms with Crippen LogP contribution < -0.4 is 5.32 Å². The quantitative estimate of drug-likeness (QED) is 0.864. The number of aryl methyl sites for hydroxylation is 2. The second-order valence-corrected chi connectivity index (χ2v) is 6.89. The molecule has 1 aromatic heterocycles. The average molecular weight is 324 g/mol. The zero-order valence-electron chi connectivity index (χ0n) is 11.0. The standard InChI is InChI=1S/C15H18BrNS/c1-10-5-4-6-11(2)13(10)8-14(17-3)12-7-15(16)18-9-12/h4-7,9,14,17H,8H2,1-3H3. The van der Waals surface area contributed by atoms with Crippen LogP contribution in [0.15, 0.2) is 33.4 Å². The van der Waals surface area contributed by atoms with E-state index in [0.29, 0.717) is 6.04 Å². The molecule has 1 unspecified atom stereocenters. The number of hydrogen-bond donors (Lipinski definition) is 1. The van der Waals surface area contributed by atoms with Gasteiger partial charge in [-0.15, -0.1) is 11.3 Å². The molecule has 0 amide bonds. The lowest BCUT2D eigenvalue weighted by atomic mass is 9.94. The molecule has 1 aromatic carbocycles. The molecule has 0 saturated heterocycles. The van der Waals surface area contributed by atoms with E-state index in [1.54, 1.807) is 11.3 Å². The van der Waals surface area contributed by atoms with E-state index in [-0.39, 0.29) is 0 Å². The van der Waals surface area contributed by atoms with Crippen molar-refractivity contribution in [1.82, 2.24) is 5.32 Å². The highest BCUT2D eigenvalue weighted by Crippen LogP contribution is 2.28. The Labute approximate surface area is 121 Å². The van der Waals surface area contributed by atoms with Gasteiger partial charge in [-0.2, -0.15) is 0 Å². The molecule has 3 heteroatoms. The first-order valence-electron chi connectivity index (χ1n) is 6.08. The smallest absolute Gasteiger partial charge is 0.0701 e. The second kappa shape index (κ2) is 6.00. The van der Waals surface area contributed by atoms with Crippen LogP contribution in [-0.4, -0.2) is 7.05 Å². The molecule has 1 heterocycles. The molecule has 0 aliphatic heterocycles. The second-order valence-electron chi connectivity index (χ2n) is 4.60. The van der Waals surface area contributed by atoms with E-state index < -0.39 is 0 Å². The molecule has 0 spiro atoms. The third-order valence-electron chi connectivity index (χ3n) is 3.39. The monoisotopic (exact) mass is 323 g/mol. The Morgan fingerprint density at radius 2 is 1.94 bits per heavy atom. The Hall–Kier alpha value is -0.640. The van der Waals surface area contributed by atoms with Crippen molar-refractivity contribution >= 4 is 27.3 Å². The molecule has 0 fully saturated rings. The molecule has 1 N–H and O–H groups in total. The fourth-order valence-corrected chi connectivity index (χ4v) is 3.50. The van der Waals surface area contributed by atoms with Crippen molar-refractivity contribution in [3.05, 3.63) is 55.7 Å². The maximum atomic E-state index is 3.53. The van der Waals surface area contributed by atoms with Crippen LogP contribution in [0.2, 0.25) is 0 Å². The lowest BCUT2D eigenvalue weighted by molar-refractivity contribution is 0.591. The number of halogens is 1. The van der Waals surface area contributed by atoms with Crippen molar-refractivity contribution in [2.75, 3.05) is 7.05 Å². The molecule has 0 bridgehead atoms. The average Bonchev–Trinajstić information content (AvgIpc) is 2.76. The van der Waals surface area contributed by atoms with Crippen LogP contribution in [-0.2, 0) is 6.42 Å². The summed E-state index contributed by atoms with van der Waals surface area (Å²) in [5.74, 6) is 0. The zero-order valence-corrected chi connectivity index (χ0v) is 13.4. The van der Waals surface area contributed by atoms with Crippen molar-refractivity contribution in [3.8, 4) is 0 Å². The summed E-state index contributed by atoms with van der Waals surface area (Å²) in [6.45, 7) is 4.39. The minimum atomic E-state index is 0.382. The summed E-state index contributed by atoms with van der Waals surface area (Å²) >= 11 is 5.28. The van der Waals surface area contributed by atoms with Crippen molar-refractivity contribution in [2.24, 2.45) is 0 Å². The van der Waals surface area contributed by atoms with Gasteiger partial charge in [-0.1, -0.05) is 18.2 Å². The number of likely N-dealkylation sites (N-methyl/N-ethyl adjacent to an activating group) is 1. The summed E-state index contributed by atoms with van der Waals surface area (Å²) in [6, 6.07) is 9.10. The molecule has 1 atom stereocenters. The van der Waals surface area contributed by atoms with Crippen LogP contribution in [0.4, 0.5) is 0 Å². The molecule has 96 valence electrons. The SMILES string of the molecule is CNC(Cc1c(C)cccc1C)c1csc(Br)c1. The molecule has 2 rings (SSSR count). The molecule has 0 aliphatic carbocycles. The maximum Gasteiger partial charge on any atom is 0.0701 e. The molecule has 1 nitrogen and oxygen atoms in total. The fourth-order valence-electron chi connectivity index (χ4n) is 2.27.